The molecule has 3 aromatic heterocycles. The van der Waals surface area contributed by atoms with E-state index < -0.39 is 0 Å². The Hall–Kier alpha value is -3.13. The zero-order valence-electron chi connectivity index (χ0n) is 17.0. The van der Waals surface area contributed by atoms with E-state index in [0.29, 0.717) is 11.7 Å². The second-order valence-electron chi connectivity index (χ2n) is 7.96. The third-order valence-electron chi connectivity index (χ3n) is 5.72. The maximum Gasteiger partial charge on any atom is 0.231 e. The van der Waals surface area contributed by atoms with Crippen LogP contribution in [-0.2, 0) is 13.6 Å². The minimum Gasteiger partial charge on any atom is -0.339 e. The number of aromatic nitrogens is 5. The summed E-state index contributed by atoms with van der Waals surface area (Å²) in [6.07, 6.45) is 4.02. The van der Waals surface area contributed by atoms with Crippen molar-refractivity contribution in [2.45, 2.75) is 32.2 Å². The topological polar surface area (TPSA) is 72.9 Å². The van der Waals surface area contributed by atoms with Gasteiger partial charge in [0.15, 0.2) is 5.65 Å². The lowest BCUT2D eigenvalue weighted by Gasteiger charge is -2.30. The van der Waals surface area contributed by atoms with Gasteiger partial charge < -0.3 is 4.52 Å². The van der Waals surface area contributed by atoms with E-state index in [4.69, 9.17) is 4.52 Å². The molecular formula is C22H23FN6O. The van der Waals surface area contributed by atoms with Crippen LogP contribution in [0.25, 0.3) is 22.4 Å². The molecule has 0 radical (unpaired) electrons. The maximum atomic E-state index is 13.2. The van der Waals surface area contributed by atoms with E-state index in [9.17, 15) is 4.39 Å². The van der Waals surface area contributed by atoms with Crippen molar-refractivity contribution in [3.8, 4) is 11.4 Å². The maximum absolute atomic E-state index is 13.2. The molecule has 0 N–H and O–H groups in total. The first kappa shape index (κ1) is 18.9. The number of fused-ring (bicyclic) bond motifs is 1. The number of piperidine rings is 1. The van der Waals surface area contributed by atoms with Crippen molar-refractivity contribution < 1.29 is 8.91 Å². The normalized spacial score (nSPS) is 17.6. The second-order valence-corrected chi connectivity index (χ2v) is 7.96. The molecule has 4 aromatic rings. The number of nitrogens with zero attached hydrogens (tertiary/aromatic N) is 6. The number of pyridine rings is 1. The number of likely N-dealkylation sites (tertiary alicyclic amines) is 1. The molecule has 30 heavy (non-hydrogen) atoms. The van der Waals surface area contributed by atoms with E-state index in [0.717, 1.165) is 54.8 Å². The summed E-state index contributed by atoms with van der Waals surface area (Å²) in [6.45, 7) is 4.72. The smallest absolute Gasteiger partial charge is 0.231 e. The first-order chi connectivity index (χ1) is 14.6. The van der Waals surface area contributed by atoms with Gasteiger partial charge in [-0.2, -0.15) is 10.1 Å². The molecule has 0 bridgehead atoms. The van der Waals surface area contributed by atoms with Crippen LogP contribution >= 0.6 is 0 Å². The lowest BCUT2D eigenvalue weighted by atomic mass is 9.97. The molecule has 8 heteroatoms. The first-order valence-corrected chi connectivity index (χ1v) is 10.2. The SMILES string of the molecule is Cc1nn(C)c2ncc(CN3CCCC(c4nc(-c5ccc(F)cc5)no4)C3)cc12. The fourth-order valence-electron chi connectivity index (χ4n) is 4.21. The minimum absolute atomic E-state index is 0.192. The molecule has 0 amide bonds. The molecule has 1 atom stereocenters. The van der Waals surface area contributed by atoms with Gasteiger partial charge in [-0.15, -0.1) is 0 Å². The van der Waals surface area contributed by atoms with Crippen molar-refractivity contribution in [3.63, 3.8) is 0 Å². The minimum atomic E-state index is -0.278. The number of rotatable bonds is 4. The Morgan fingerprint density at radius 3 is 2.90 bits per heavy atom. The van der Waals surface area contributed by atoms with E-state index in [2.05, 4.69) is 31.2 Å². The van der Waals surface area contributed by atoms with Gasteiger partial charge in [0.05, 0.1) is 11.6 Å². The summed E-state index contributed by atoms with van der Waals surface area (Å²) in [5, 5.41) is 9.66. The summed E-state index contributed by atoms with van der Waals surface area (Å²) in [6, 6.07) is 8.33. The van der Waals surface area contributed by atoms with E-state index in [1.165, 1.54) is 17.7 Å². The standard InChI is InChI=1S/C22H23FN6O/c1-14-19-10-15(11-24-21(19)28(2)26-14)12-29-9-3-4-17(13-29)22-25-20(27-30-22)16-5-7-18(23)8-6-16/h5-8,10-11,17H,3-4,9,12-13H2,1-2H3. The molecule has 1 aliphatic heterocycles. The average Bonchev–Trinajstić information content (AvgIpc) is 3.34. The van der Waals surface area contributed by atoms with Crippen molar-refractivity contribution >= 4 is 11.0 Å². The van der Waals surface area contributed by atoms with E-state index >= 15 is 0 Å². The fraction of sp³-hybridized carbons (Fsp3) is 0.364. The lowest BCUT2D eigenvalue weighted by molar-refractivity contribution is 0.180. The van der Waals surface area contributed by atoms with Gasteiger partial charge >= 0.3 is 0 Å². The Morgan fingerprint density at radius 2 is 2.07 bits per heavy atom. The number of aryl methyl sites for hydroxylation is 2. The van der Waals surface area contributed by atoms with Crippen molar-refractivity contribution in [1.29, 1.82) is 0 Å². The zero-order valence-corrected chi connectivity index (χ0v) is 17.0. The van der Waals surface area contributed by atoms with Crippen LogP contribution in [0.1, 0.15) is 35.9 Å². The van der Waals surface area contributed by atoms with Crippen molar-refractivity contribution in [2.75, 3.05) is 13.1 Å². The lowest BCUT2D eigenvalue weighted by Crippen LogP contribution is -2.34. The Kier molecular flexibility index (Phi) is 4.78. The average molecular weight is 406 g/mol. The molecule has 0 saturated carbocycles. The van der Waals surface area contributed by atoms with Crippen LogP contribution in [0.3, 0.4) is 0 Å². The highest BCUT2D eigenvalue weighted by atomic mass is 19.1. The van der Waals surface area contributed by atoms with Gasteiger partial charge in [-0.3, -0.25) is 9.58 Å². The number of benzene rings is 1. The molecule has 0 spiro atoms. The third-order valence-corrected chi connectivity index (χ3v) is 5.72. The van der Waals surface area contributed by atoms with E-state index in [1.807, 2.05) is 24.9 Å². The number of hydrogen-bond donors (Lipinski definition) is 0. The summed E-state index contributed by atoms with van der Waals surface area (Å²) in [5.74, 6) is 1.07. The summed E-state index contributed by atoms with van der Waals surface area (Å²) in [5.41, 5.74) is 3.84. The molecule has 5 rings (SSSR count). The van der Waals surface area contributed by atoms with Crippen LogP contribution in [0.15, 0.2) is 41.1 Å². The molecule has 1 saturated heterocycles. The van der Waals surface area contributed by atoms with E-state index in [-0.39, 0.29) is 11.7 Å². The van der Waals surface area contributed by atoms with Crippen LogP contribution in [0, 0.1) is 12.7 Å². The van der Waals surface area contributed by atoms with Gasteiger partial charge in [0.2, 0.25) is 11.7 Å². The van der Waals surface area contributed by atoms with Gasteiger partial charge in [0.1, 0.15) is 5.82 Å². The van der Waals surface area contributed by atoms with Crippen LogP contribution in [-0.4, -0.2) is 42.9 Å². The van der Waals surface area contributed by atoms with Crippen LogP contribution in [0.4, 0.5) is 4.39 Å². The summed E-state index contributed by atoms with van der Waals surface area (Å²) in [7, 11) is 1.92. The van der Waals surface area contributed by atoms with Crippen molar-refractivity contribution in [3.05, 3.63) is 59.5 Å². The van der Waals surface area contributed by atoms with Gasteiger partial charge in [-0.1, -0.05) is 5.16 Å². The molecule has 1 aromatic carbocycles. The fourth-order valence-corrected chi connectivity index (χ4v) is 4.21. The quantitative estimate of drug-likeness (QED) is 0.513. The van der Waals surface area contributed by atoms with Crippen LogP contribution in [0.5, 0.6) is 0 Å². The van der Waals surface area contributed by atoms with Crippen LogP contribution in [0.2, 0.25) is 0 Å². The summed E-state index contributed by atoms with van der Waals surface area (Å²) >= 11 is 0. The Morgan fingerprint density at radius 1 is 1.23 bits per heavy atom. The van der Waals surface area contributed by atoms with Gasteiger partial charge in [-0.25, -0.2) is 9.37 Å². The van der Waals surface area contributed by atoms with E-state index in [1.54, 1.807) is 12.1 Å². The van der Waals surface area contributed by atoms with Gasteiger partial charge in [-0.05, 0) is 62.2 Å². The Bertz CT molecular complexity index is 1180. The first-order valence-electron chi connectivity index (χ1n) is 10.2. The molecule has 1 unspecified atom stereocenters. The summed E-state index contributed by atoms with van der Waals surface area (Å²) in [4.78, 5) is 11.6. The van der Waals surface area contributed by atoms with Crippen molar-refractivity contribution in [1.82, 2.24) is 29.8 Å². The zero-order chi connectivity index (χ0) is 20.7. The molecule has 0 aliphatic carbocycles. The molecular weight excluding hydrogens is 383 g/mol. The highest BCUT2D eigenvalue weighted by Gasteiger charge is 2.26. The molecule has 4 heterocycles. The monoisotopic (exact) mass is 406 g/mol. The van der Waals surface area contributed by atoms with Crippen LogP contribution < -0.4 is 0 Å². The highest BCUT2D eigenvalue weighted by molar-refractivity contribution is 5.78. The third kappa shape index (κ3) is 3.59. The largest absolute Gasteiger partial charge is 0.339 e. The Labute approximate surface area is 173 Å². The van der Waals surface area contributed by atoms with Gasteiger partial charge in [0.25, 0.3) is 0 Å². The van der Waals surface area contributed by atoms with Gasteiger partial charge in [0, 0.05) is 37.3 Å². The van der Waals surface area contributed by atoms with Crippen molar-refractivity contribution in [2.24, 2.45) is 7.05 Å². The second kappa shape index (κ2) is 7.60. The molecule has 1 fully saturated rings. The highest BCUT2D eigenvalue weighted by Crippen LogP contribution is 2.29. The molecule has 1 aliphatic rings. The molecule has 154 valence electrons. The molecule has 7 nitrogen and oxygen atoms in total. The number of hydrogen-bond acceptors (Lipinski definition) is 6. The predicted octanol–water partition coefficient (Wildman–Crippen LogP) is 3.85. The Balaban J connectivity index is 1.30. The summed E-state index contributed by atoms with van der Waals surface area (Å²) < 4.78 is 20.5. The number of halogens is 1. The predicted molar refractivity (Wildman–Crippen MR) is 110 cm³/mol.